The zero-order chi connectivity index (χ0) is 69.7. The van der Waals surface area contributed by atoms with E-state index in [0.717, 1.165) is 109 Å². The van der Waals surface area contributed by atoms with E-state index in [1.807, 2.05) is 21.1 Å². The van der Waals surface area contributed by atoms with Crippen LogP contribution in [0.4, 0.5) is 0 Å². The van der Waals surface area contributed by atoms with Crippen LogP contribution >= 0.6 is 7.82 Å². The second-order valence-corrected chi connectivity index (χ2v) is 29.2. The molecule has 0 aromatic heterocycles. The van der Waals surface area contributed by atoms with Crippen molar-refractivity contribution in [2.75, 3.05) is 47.5 Å². The van der Waals surface area contributed by atoms with Gasteiger partial charge < -0.3 is 18.9 Å². The molecule has 10 heteroatoms. The van der Waals surface area contributed by atoms with E-state index in [1.54, 1.807) is 0 Å². The van der Waals surface area contributed by atoms with Crippen molar-refractivity contribution in [1.29, 1.82) is 0 Å². The Hall–Kier alpha value is -3.85. The zero-order valence-electron chi connectivity index (χ0n) is 63.1. The topological polar surface area (TPSA) is 108 Å². The number of quaternary nitrogens is 1. The summed E-state index contributed by atoms with van der Waals surface area (Å²) in [5, 5.41) is 0. The zero-order valence-corrected chi connectivity index (χ0v) is 64.0. The summed E-state index contributed by atoms with van der Waals surface area (Å²) in [5.41, 5.74) is 0. The molecule has 0 amide bonds. The van der Waals surface area contributed by atoms with Crippen molar-refractivity contribution in [2.24, 2.45) is 0 Å². The number of phosphoric ester groups is 1. The molecule has 1 N–H and O–H groups in total. The Balaban J connectivity index is 4.03. The Morgan fingerprint density at radius 2 is 0.594 bits per heavy atom. The minimum absolute atomic E-state index is 0.0269. The molecular weight excluding hydrogens is 1210 g/mol. The van der Waals surface area contributed by atoms with Gasteiger partial charge in [-0.25, -0.2) is 4.57 Å². The van der Waals surface area contributed by atoms with E-state index in [-0.39, 0.29) is 32.0 Å². The van der Waals surface area contributed by atoms with Crippen LogP contribution in [0.15, 0.2) is 134 Å². The van der Waals surface area contributed by atoms with E-state index in [0.29, 0.717) is 17.4 Å². The van der Waals surface area contributed by atoms with Crippen LogP contribution in [0, 0.1) is 0 Å². The first-order valence-corrected chi connectivity index (χ1v) is 41.4. The molecule has 0 saturated carbocycles. The quantitative estimate of drug-likeness (QED) is 0.0211. The van der Waals surface area contributed by atoms with Crippen molar-refractivity contribution in [3.05, 3.63) is 134 Å². The second kappa shape index (κ2) is 75.4. The number of nitrogens with zero attached hydrogens (tertiary/aromatic N) is 1. The van der Waals surface area contributed by atoms with Crippen molar-refractivity contribution in [3.8, 4) is 0 Å². The van der Waals surface area contributed by atoms with E-state index >= 15 is 0 Å². The number of hydrogen-bond donors (Lipinski definition) is 1. The van der Waals surface area contributed by atoms with Gasteiger partial charge in [0.05, 0.1) is 27.7 Å². The summed E-state index contributed by atoms with van der Waals surface area (Å²) in [6, 6.07) is 0. The fourth-order valence-electron chi connectivity index (χ4n) is 11.1. The Morgan fingerprint density at radius 1 is 0.333 bits per heavy atom. The van der Waals surface area contributed by atoms with Crippen LogP contribution in [0.1, 0.15) is 348 Å². The van der Waals surface area contributed by atoms with Crippen LogP contribution in [0.25, 0.3) is 0 Å². The van der Waals surface area contributed by atoms with Crippen molar-refractivity contribution in [1.82, 2.24) is 0 Å². The molecule has 0 bridgehead atoms. The second-order valence-electron chi connectivity index (χ2n) is 27.7. The van der Waals surface area contributed by atoms with Gasteiger partial charge in [0.2, 0.25) is 0 Å². The number of ether oxygens (including phenoxy) is 2. The van der Waals surface area contributed by atoms with Gasteiger partial charge in [-0.05, 0) is 116 Å². The first kappa shape index (κ1) is 92.2. The number of esters is 2. The Morgan fingerprint density at radius 3 is 0.896 bits per heavy atom. The van der Waals surface area contributed by atoms with E-state index in [2.05, 4.69) is 148 Å². The molecule has 2 unspecified atom stereocenters. The third kappa shape index (κ3) is 79.1. The van der Waals surface area contributed by atoms with E-state index in [4.69, 9.17) is 18.5 Å². The number of hydrogen-bond acceptors (Lipinski definition) is 7. The average molecular weight is 1360 g/mol. The highest BCUT2D eigenvalue weighted by Crippen LogP contribution is 2.43. The molecule has 0 aromatic rings. The Kier molecular flexibility index (Phi) is 72.3. The number of phosphoric acid groups is 1. The highest BCUT2D eigenvalue weighted by atomic mass is 31.2. The molecule has 2 atom stereocenters. The van der Waals surface area contributed by atoms with Crippen LogP contribution in [-0.2, 0) is 32.7 Å². The summed E-state index contributed by atoms with van der Waals surface area (Å²) in [6.07, 6.45) is 110. The number of unbranched alkanes of at least 4 members (excludes halogenated alkanes) is 37. The molecule has 0 aliphatic carbocycles. The molecule has 9 nitrogen and oxygen atoms in total. The van der Waals surface area contributed by atoms with Crippen molar-refractivity contribution >= 4 is 19.8 Å². The standard InChI is InChI=1S/C86H150NO8P/c1-6-8-10-12-14-16-18-20-22-24-26-28-30-32-34-36-38-39-40-41-42-43-44-45-46-47-49-51-53-55-57-59-61-63-65-67-69-71-73-75-77-79-86(89)95-84(83-94-96(90,91)93-81-80-87(3,4)5)82-92-85(88)78-76-74-72-70-68-66-64-62-60-58-56-54-52-50-48-37-35-33-31-29-27-25-23-21-19-17-15-13-11-9-7-2/h8,10,14,16,20,22,25-28,32,34,38-39,41-42,44-45,47,49,53,55,84H,6-7,9,11-13,15,17-19,21,23-24,29-31,33,35-37,40,43,46,48,50-52,54,56-83H2,1-5H3/p+1/b10-8-,16-14-,22-20-,27-25-,28-26-,34-32-,39-38-,42-41-,45-44-,49-47-,55-53-. The lowest BCUT2D eigenvalue weighted by Gasteiger charge is -2.24. The van der Waals surface area contributed by atoms with E-state index in [1.165, 1.54) is 205 Å². The first-order valence-electron chi connectivity index (χ1n) is 39.9. The van der Waals surface area contributed by atoms with Gasteiger partial charge in [-0.1, -0.05) is 353 Å². The molecule has 0 spiro atoms. The number of likely N-dealkylation sites (N-methyl/N-ethyl adjacent to an activating group) is 1. The maximum atomic E-state index is 12.9. The van der Waals surface area contributed by atoms with Gasteiger partial charge in [-0.2, -0.15) is 0 Å². The van der Waals surface area contributed by atoms with Crippen molar-refractivity contribution in [2.45, 2.75) is 354 Å². The summed E-state index contributed by atoms with van der Waals surface area (Å²) in [4.78, 5) is 36.0. The number of carbonyl (C=O) groups is 2. The van der Waals surface area contributed by atoms with Crippen LogP contribution in [0.2, 0.25) is 0 Å². The van der Waals surface area contributed by atoms with Crippen molar-refractivity contribution < 1.29 is 42.1 Å². The molecule has 0 aromatic carbocycles. The third-order valence-electron chi connectivity index (χ3n) is 17.2. The summed E-state index contributed by atoms with van der Waals surface area (Å²) in [7, 11) is 1.47. The predicted molar refractivity (Wildman–Crippen MR) is 417 cm³/mol. The predicted octanol–water partition coefficient (Wildman–Crippen LogP) is 26.7. The van der Waals surface area contributed by atoms with Crippen molar-refractivity contribution in [3.63, 3.8) is 0 Å². The molecule has 96 heavy (non-hydrogen) atoms. The molecular formula is C86H151NO8P+. The third-order valence-corrected chi connectivity index (χ3v) is 18.1. The molecule has 552 valence electrons. The van der Waals surface area contributed by atoms with Gasteiger partial charge >= 0.3 is 19.8 Å². The van der Waals surface area contributed by atoms with Crippen LogP contribution in [-0.4, -0.2) is 74.9 Å². The number of carbonyl (C=O) groups excluding carboxylic acids is 2. The Labute approximate surface area is 593 Å². The van der Waals surface area contributed by atoms with Gasteiger partial charge in [0, 0.05) is 12.8 Å². The van der Waals surface area contributed by atoms with E-state index in [9.17, 15) is 19.0 Å². The molecule has 0 heterocycles. The van der Waals surface area contributed by atoms with Gasteiger partial charge in [-0.15, -0.1) is 0 Å². The summed E-state index contributed by atoms with van der Waals surface area (Å²) in [5.74, 6) is -0.795. The molecule has 0 saturated heterocycles. The lowest BCUT2D eigenvalue weighted by atomic mass is 10.0. The van der Waals surface area contributed by atoms with Crippen LogP contribution < -0.4 is 0 Å². The summed E-state index contributed by atoms with van der Waals surface area (Å²) in [6.45, 7) is 4.35. The SMILES string of the molecule is CC/C=C\C/C=C\C/C=C\C/C=C\C/C=C\C/C=C\C/C=C\C/C=C\C/C=C\C/C=C\CCCCCCCCCCCCC(=O)OC(COC(=O)CCCCCCCCCCCCCCCCCCCCC/C=C\CCCCCCCCCC)COP(=O)(O)OCC[N+](C)(C)C. The maximum Gasteiger partial charge on any atom is 0.472 e. The minimum Gasteiger partial charge on any atom is -0.462 e. The lowest BCUT2D eigenvalue weighted by Crippen LogP contribution is -2.37. The smallest absolute Gasteiger partial charge is 0.462 e. The van der Waals surface area contributed by atoms with Gasteiger partial charge in [0.15, 0.2) is 6.10 Å². The summed E-state index contributed by atoms with van der Waals surface area (Å²) >= 11 is 0. The number of rotatable bonds is 73. The lowest BCUT2D eigenvalue weighted by molar-refractivity contribution is -0.870. The minimum atomic E-state index is -4.40. The maximum absolute atomic E-state index is 12.9. The number of allylic oxidation sites excluding steroid dienone is 22. The Bertz CT molecular complexity index is 2090. The molecule has 0 aliphatic rings. The van der Waals surface area contributed by atoms with Gasteiger partial charge in [0.25, 0.3) is 0 Å². The molecule has 0 aliphatic heterocycles. The van der Waals surface area contributed by atoms with E-state index < -0.39 is 26.5 Å². The molecule has 0 fully saturated rings. The average Bonchev–Trinajstić information content (AvgIpc) is 2.54. The first-order chi connectivity index (χ1) is 47.0. The highest BCUT2D eigenvalue weighted by Gasteiger charge is 2.27. The monoisotopic (exact) mass is 1360 g/mol. The highest BCUT2D eigenvalue weighted by molar-refractivity contribution is 7.47. The normalized spacial score (nSPS) is 13.8. The molecule has 0 rings (SSSR count). The summed E-state index contributed by atoms with van der Waals surface area (Å²) < 4.78 is 34.8. The molecule has 0 radical (unpaired) electrons. The largest absolute Gasteiger partial charge is 0.472 e. The van der Waals surface area contributed by atoms with Crippen LogP contribution in [0.3, 0.4) is 0 Å². The van der Waals surface area contributed by atoms with Gasteiger partial charge in [-0.3, -0.25) is 18.6 Å². The fourth-order valence-corrected chi connectivity index (χ4v) is 11.8. The fraction of sp³-hybridized carbons (Fsp3) is 0.721. The van der Waals surface area contributed by atoms with Crippen LogP contribution in [0.5, 0.6) is 0 Å². The van der Waals surface area contributed by atoms with Gasteiger partial charge in [0.1, 0.15) is 19.8 Å².